The van der Waals surface area contributed by atoms with Crippen LogP contribution in [-0.2, 0) is 21.1 Å². The zero-order valence-electron chi connectivity index (χ0n) is 48.6. The second kappa shape index (κ2) is 19.6. The Kier molecular flexibility index (Phi) is 11.5. The standard InChI is InChI=1S/2C22H26N.C19H20N/c2*1-14(2)18-7-8-20-19(13-18)9-10-23(6)22(20)21-12-15(3)11-16(4)17(21)5;1-13-11-14(2)15(3)18(12-13)19-17-8-6-5-7-16(17)9-10-20(19)4/h2*7-14H,1-6H3;5-12H,1-4H3/q3*+1/i4D3,14D;;2D3. The van der Waals surface area contributed by atoms with E-state index in [1.807, 2.05) is 103 Å². The number of benzene rings is 6. The quantitative estimate of drug-likeness (QED) is 0.153. The maximum absolute atomic E-state index is 8.30. The van der Waals surface area contributed by atoms with Gasteiger partial charge in [0.1, 0.15) is 21.1 Å². The zero-order chi connectivity index (χ0) is 53.6. The third-order valence-corrected chi connectivity index (χ3v) is 13.3. The average molecular weight is 878 g/mol. The summed E-state index contributed by atoms with van der Waals surface area (Å²) in [6, 6.07) is 39.8. The van der Waals surface area contributed by atoms with E-state index >= 15 is 0 Å². The molecule has 6 aromatic carbocycles. The summed E-state index contributed by atoms with van der Waals surface area (Å²) in [5.41, 5.74) is 17.3. The first kappa shape index (κ1) is 38.8. The molecule has 9 aromatic rings. The molecule has 0 unspecified atom stereocenters. The maximum atomic E-state index is 8.30. The first-order chi connectivity index (χ1) is 34.1. The van der Waals surface area contributed by atoms with Gasteiger partial charge in [0.15, 0.2) is 18.6 Å². The van der Waals surface area contributed by atoms with Crippen LogP contribution in [0.15, 0.2) is 134 Å². The lowest BCUT2D eigenvalue weighted by atomic mass is 9.93. The largest absolute Gasteiger partial charge is 0.220 e. The molecule has 0 atom stereocenters. The summed E-state index contributed by atoms with van der Waals surface area (Å²) in [7, 11) is 6.12. The monoisotopic (exact) mass is 878 g/mol. The Labute approximate surface area is 405 Å². The van der Waals surface area contributed by atoms with Crippen LogP contribution in [0, 0.1) is 62.2 Å². The summed E-state index contributed by atoms with van der Waals surface area (Å²) >= 11 is 0. The first-order valence-electron chi connectivity index (χ1n) is 26.6. The molecule has 3 heterocycles. The highest BCUT2D eigenvalue weighted by molar-refractivity contribution is 5.96. The Morgan fingerprint density at radius 3 is 1.23 bits per heavy atom. The van der Waals surface area contributed by atoms with E-state index in [0.717, 1.165) is 71.9 Å². The minimum absolute atomic E-state index is 0.401. The lowest BCUT2D eigenvalue weighted by molar-refractivity contribution is -0.659. The number of rotatable bonds is 5. The van der Waals surface area contributed by atoms with Gasteiger partial charge < -0.3 is 0 Å². The van der Waals surface area contributed by atoms with Crippen LogP contribution < -0.4 is 13.7 Å². The van der Waals surface area contributed by atoms with Gasteiger partial charge in [-0.3, -0.25) is 0 Å². The Hall–Kier alpha value is -6.45. The third-order valence-electron chi connectivity index (χ3n) is 13.3. The molecule has 0 spiro atoms. The molecule has 0 saturated heterocycles. The van der Waals surface area contributed by atoms with E-state index in [1.165, 1.54) is 44.3 Å². The zero-order valence-corrected chi connectivity index (χ0v) is 41.6. The number of fused-ring (bicyclic) bond motifs is 3. The van der Waals surface area contributed by atoms with Crippen LogP contribution in [0.1, 0.15) is 110 Å². The summed E-state index contributed by atoms with van der Waals surface area (Å²) in [6.45, 7) is 18.3. The van der Waals surface area contributed by atoms with Crippen LogP contribution in [0.2, 0.25) is 0 Å². The van der Waals surface area contributed by atoms with E-state index in [9.17, 15) is 0 Å². The fourth-order valence-electron chi connectivity index (χ4n) is 9.25. The van der Waals surface area contributed by atoms with E-state index in [0.29, 0.717) is 17.0 Å². The minimum atomic E-state index is -2.14. The number of pyridine rings is 3. The first-order valence-corrected chi connectivity index (χ1v) is 23.1. The van der Waals surface area contributed by atoms with Crippen molar-refractivity contribution in [1.29, 1.82) is 0 Å². The van der Waals surface area contributed by atoms with Crippen molar-refractivity contribution in [2.24, 2.45) is 21.1 Å². The van der Waals surface area contributed by atoms with E-state index in [4.69, 9.17) is 9.60 Å². The van der Waals surface area contributed by atoms with Crippen LogP contribution >= 0.6 is 0 Å². The molecule has 0 bridgehead atoms. The number of hydrogen-bond donors (Lipinski definition) is 0. The van der Waals surface area contributed by atoms with Crippen molar-refractivity contribution in [3.05, 3.63) is 195 Å². The fraction of sp³-hybridized carbons (Fsp3) is 0.286. The van der Waals surface area contributed by atoms with Crippen molar-refractivity contribution in [3.8, 4) is 33.8 Å². The molecule has 0 aliphatic carbocycles. The lowest BCUT2D eigenvalue weighted by Gasteiger charge is -2.12. The third kappa shape index (κ3) is 9.73. The molecule has 3 heteroatoms. The van der Waals surface area contributed by atoms with Gasteiger partial charge >= 0.3 is 0 Å². The SMILES string of the molecule is Cc1cc(C)c(C)c(-c2c3ccc(C(C)C)cc3cc[n+]2C)c1.[2H]C([2H])([2H])c1cc(C)cc(-c2c3ccc(C([2H])(C)C)cc3cc[n+]2C)c1C.[2H]C([2H])([2H])c1cc(C)cc(-c2c3ccccc3cc[n+]2C)c1C. The fourth-order valence-corrected chi connectivity index (χ4v) is 9.25. The van der Waals surface area contributed by atoms with Crippen molar-refractivity contribution in [3.63, 3.8) is 0 Å². The van der Waals surface area contributed by atoms with Crippen molar-refractivity contribution >= 4 is 32.3 Å². The molecule has 0 aliphatic heterocycles. The molecule has 0 fully saturated rings. The topological polar surface area (TPSA) is 11.6 Å². The smallest absolute Gasteiger partial charge is 0.200 e. The summed E-state index contributed by atoms with van der Waals surface area (Å²) in [5, 5.41) is 7.03. The van der Waals surface area contributed by atoms with Gasteiger partial charge in [-0.2, -0.15) is 0 Å². The highest BCUT2D eigenvalue weighted by atomic mass is 14.9. The van der Waals surface area contributed by atoms with Crippen molar-refractivity contribution in [2.45, 2.75) is 102 Å². The number of aromatic nitrogens is 3. The van der Waals surface area contributed by atoms with Crippen LogP contribution in [0.5, 0.6) is 0 Å². The Morgan fingerprint density at radius 1 is 0.409 bits per heavy atom. The van der Waals surface area contributed by atoms with Crippen LogP contribution in [0.3, 0.4) is 0 Å². The maximum Gasteiger partial charge on any atom is 0.220 e. The molecule has 0 aliphatic rings. The summed E-state index contributed by atoms with van der Waals surface area (Å²) in [5.74, 6) is -0.111. The highest BCUT2D eigenvalue weighted by Gasteiger charge is 2.21. The minimum Gasteiger partial charge on any atom is -0.200 e. The average Bonchev–Trinajstić information content (AvgIpc) is 3.31. The van der Waals surface area contributed by atoms with Gasteiger partial charge in [-0.15, -0.1) is 0 Å². The molecule has 9 rings (SSSR count). The van der Waals surface area contributed by atoms with Crippen molar-refractivity contribution in [2.75, 3.05) is 0 Å². The van der Waals surface area contributed by atoms with Gasteiger partial charge in [-0.25, -0.2) is 13.7 Å². The number of hydrogen-bond acceptors (Lipinski definition) is 0. The Bertz CT molecular complexity index is 3560. The normalized spacial score (nSPS) is 13.4. The molecule has 3 aromatic heterocycles. The van der Waals surface area contributed by atoms with E-state index in [1.54, 1.807) is 12.1 Å². The van der Waals surface area contributed by atoms with Gasteiger partial charge in [-0.05, 0) is 171 Å². The van der Waals surface area contributed by atoms with Crippen molar-refractivity contribution < 1.29 is 23.3 Å². The number of aryl methyl sites for hydroxylation is 9. The Morgan fingerprint density at radius 2 is 0.788 bits per heavy atom. The summed E-state index contributed by atoms with van der Waals surface area (Å²) in [4.78, 5) is 0. The predicted molar refractivity (Wildman–Crippen MR) is 282 cm³/mol. The molecular weight excluding hydrogens is 799 g/mol. The highest BCUT2D eigenvalue weighted by Crippen LogP contribution is 2.34. The Balaban J connectivity index is 0.000000161. The predicted octanol–water partition coefficient (Wildman–Crippen LogP) is 15.0. The molecule has 0 amide bonds. The molecular formula is C63H72N3+3. The second-order valence-electron chi connectivity index (χ2n) is 18.9. The summed E-state index contributed by atoms with van der Waals surface area (Å²) in [6.07, 6.45) is 6.20. The molecule has 0 radical (unpaired) electrons. The van der Waals surface area contributed by atoms with E-state index in [2.05, 4.69) is 130 Å². The van der Waals surface area contributed by atoms with Gasteiger partial charge in [0, 0.05) is 27.8 Å². The van der Waals surface area contributed by atoms with Gasteiger partial charge in [0.2, 0.25) is 17.1 Å². The lowest BCUT2D eigenvalue weighted by Crippen LogP contribution is -2.30. The molecule has 0 N–H and O–H groups in total. The summed E-state index contributed by atoms with van der Waals surface area (Å²) < 4.78 is 61.8. The van der Waals surface area contributed by atoms with Crippen molar-refractivity contribution in [1.82, 2.24) is 0 Å². The second-order valence-corrected chi connectivity index (χ2v) is 18.9. The van der Waals surface area contributed by atoms with Gasteiger partial charge in [0.25, 0.3) is 0 Å². The van der Waals surface area contributed by atoms with Gasteiger partial charge in [-0.1, -0.05) is 105 Å². The van der Waals surface area contributed by atoms with E-state index < -0.39 is 19.6 Å². The van der Waals surface area contributed by atoms with E-state index in [-0.39, 0.29) is 0 Å². The molecule has 336 valence electrons. The van der Waals surface area contributed by atoms with Crippen LogP contribution in [-0.4, -0.2) is 0 Å². The molecule has 0 saturated carbocycles. The van der Waals surface area contributed by atoms with Crippen LogP contribution in [0.25, 0.3) is 66.1 Å². The molecule has 3 nitrogen and oxygen atoms in total. The number of nitrogens with zero attached hydrogens (tertiary/aromatic N) is 3. The van der Waals surface area contributed by atoms with Crippen LogP contribution in [0.4, 0.5) is 0 Å². The van der Waals surface area contributed by atoms with Gasteiger partial charge in [0.05, 0.1) is 32.8 Å². The molecule has 66 heavy (non-hydrogen) atoms.